The van der Waals surface area contributed by atoms with Crippen molar-refractivity contribution in [1.82, 2.24) is 15.8 Å². The molecule has 6 heteroatoms. The molecule has 0 aromatic carbocycles. The van der Waals surface area contributed by atoms with Crippen LogP contribution in [-0.2, 0) is 6.61 Å². The van der Waals surface area contributed by atoms with Gasteiger partial charge in [-0.25, -0.2) is 0 Å². The van der Waals surface area contributed by atoms with Gasteiger partial charge in [-0.15, -0.1) is 0 Å². The third-order valence-electron chi connectivity index (χ3n) is 3.55. The van der Waals surface area contributed by atoms with E-state index in [4.69, 9.17) is 9.63 Å². The van der Waals surface area contributed by atoms with Crippen LogP contribution in [0.5, 0.6) is 0 Å². The number of nitrogens with one attached hydrogen (secondary N) is 2. The van der Waals surface area contributed by atoms with Crippen LogP contribution in [0, 0.1) is 6.92 Å². The van der Waals surface area contributed by atoms with Crippen molar-refractivity contribution in [3.05, 3.63) is 17.0 Å². The van der Waals surface area contributed by atoms with Crippen molar-refractivity contribution in [1.29, 1.82) is 0 Å². The highest BCUT2D eigenvalue weighted by Gasteiger charge is 2.20. The smallest absolute Gasteiger partial charge is 0.273 e. The number of aliphatic hydroxyl groups is 1. The summed E-state index contributed by atoms with van der Waals surface area (Å²) in [6.07, 6.45) is 3.14. The number of hydrogen-bond acceptors (Lipinski definition) is 5. The lowest BCUT2D eigenvalue weighted by Crippen LogP contribution is -2.42. The van der Waals surface area contributed by atoms with Crippen molar-refractivity contribution in [2.45, 2.75) is 59.1 Å². The maximum atomic E-state index is 12.0. The Balaban J connectivity index is 2.40. The molecule has 0 bridgehead atoms. The topological polar surface area (TPSA) is 87.4 Å². The summed E-state index contributed by atoms with van der Waals surface area (Å²) < 4.78 is 4.91. The Morgan fingerprint density at radius 3 is 2.67 bits per heavy atom. The molecule has 0 fully saturated rings. The molecule has 0 aliphatic rings. The number of unbranched alkanes of at least 4 members (excludes halogenated alkanes) is 1. The van der Waals surface area contributed by atoms with Crippen LogP contribution in [0.3, 0.4) is 0 Å². The zero-order valence-corrected chi connectivity index (χ0v) is 13.5. The van der Waals surface area contributed by atoms with Gasteiger partial charge in [-0.05, 0) is 40.2 Å². The molecule has 1 aromatic heterocycles. The Labute approximate surface area is 126 Å². The Morgan fingerprint density at radius 2 is 2.10 bits per heavy atom. The van der Waals surface area contributed by atoms with Crippen molar-refractivity contribution in [2.75, 3.05) is 13.1 Å². The molecule has 0 radical (unpaired) electrons. The van der Waals surface area contributed by atoms with Crippen LogP contribution in [-0.4, -0.2) is 34.8 Å². The summed E-state index contributed by atoms with van der Waals surface area (Å²) in [5.74, 6) is 0.0713. The molecule has 120 valence electrons. The van der Waals surface area contributed by atoms with E-state index in [1.807, 2.05) is 0 Å². The predicted molar refractivity (Wildman–Crippen MR) is 81.1 cm³/mol. The van der Waals surface area contributed by atoms with Crippen molar-refractivity contribution in [2.24, 2.45) is 0 Å². The number of amides is 1. The van der Waals surface area contributed by atoms with E-state index in [-0.39, 0.29) is 23.7 Å². The number of aliphatic hydroxyl groups excluding tert-OH is 1. The molecule has 1 aromatic rings. The van der Waals surface area contributed by atoms with Crippen molar-refractivity contribution in [3.63, 3.8) is 0 Å². The minimum Gasteiger partial charge on any atom is -0.388 e. The summed E-state index contributed by atoms with van der Waals surface area (Å²) in [4.78, 5) is 12.0. The molecular weight excluding hydrogens is 270 g/mol. The minimum absolute atomic E-state index is 0.0163. The first-order valence-corrected chi connectivity index (χ1v) is 7.50. The lowest BCUT2D eigenvalue weighted by molar-refractivity contribution is 0.0940. The number of aromatic nitrogens is 1. The third kappa shape index (κ3) is 5.47. The number of hydrogen-bond donors (Lipinski definition) is 3. The monoisotopic (exact) mass is 297 g/mol. The Morgan fingerprint density at radius 1 is 1.38 bits per heavy atom. The summed E-state index contributed by atoms with van der Waals surface area (Å²) in [5.41, 5.74) is 0.823. The number of nitrogens with zero attached hydrogens (tertiary/aromatic N) is 1. The van der Waals surface area contributed by atoms with Gasteiger partial charge in [0.2, 0.25) is 0 Å². The van der Waals surface area contributed by atoms with Crippen LogP contribution in [0.15, 0.2) is 4.52 Å². The van der Waals surface area contributed by atoms with Gasteiger partial charge in [0.15, 0.2) is 11.5 Å². The van der Waals surface area contributed by atoms with Crippen LogP contribution in [0.2, 0.25) is 0 Å². The molecule has 0 aliphatic heterocycles. The predicted octanol–water partition coefficient (Wildman–Crippen LogP) is 1.76. The van der Waals surface area contributed by atoms with Crippen LogP contribution < -0.4 is 10.6 Å². The summed E-state index contributed by atoms with van der Waals surface area (Å²) in [6, 6.07) is 0. The fourth-order valence-corrected chi connectivity index (χ4v) is 1.99. The number of rotatable bonds is 9. The van der Waals surface area contributed by atoms with Crippen LogP contribution in [0.1, 0.15) is 61.8 Å². The third-order valence-corrected chi connectivity index (χ3v) is 3.55. The van der Waals surface area contributed by atoms with Gasteiger partial charge in [0.05, 0.1) is 0 Å². The summed E-state index contributed by atoms with van der Waals surface area (Å²) in [7, 11) is 0. The van der Waals surface area contributed by atoms with Crippen molar-refractivity contribution >= 4 is 5.91 Å². The van der Waals surface area contributed by atoms with E-state index in [1.165, 1.54) is 6.42 Å². The van der Waals surface area contributed by atoms with Gasteiger partial charge in [0.25, 0.3) is 5.91 Å². The fraction of sp³-hybridized carbons (Fsp3) is 0.733. The van der Waals surface area contributed by atoms with Gasteiger partial charge in [0, 0.05) is 17.6 Å². The first-order chi connectivity index (χ1) is 9.91. The average Bonchev–Trinajstić information content (AvgIpc) is 2.79. The molecule has 0 saturated carbocycles. The van der Waals surface area contributed by atoms with Crippen LogP contribution in [0.25, 0.3) is 0 Å². The molecule has 0 saturated heterocycles. The maximum absolute atomic E-state index is 12.0. The Kier molecular flexibility index (Phi) is 6.84. The van der Waals surface area contributed by atoms with Gasteiger partial charge in [-0.2, -0.15) is 0 Å². The molecule has 1 amide bonds. The van der Waals surface area contributed by atoms with E-state index in [9.17, 15) is 4.79 Å². The summed E-state index contributed by atoms with van der Waals surface area (Å²) >= 11 is 0. The standard InChI is InChI=1S/C15H27N3O3/c1-5-6-8-17-15(3,4)7-9-16-14(20)13-11(2)12(10-19)21-18-13/h17,19H,5-10H2,1-4H3,(H,16,20). The van der Waals surface area contributed by atoms with Crippen molar-refractivity contribution < 1.29 is 14.4 Å². The lowest BCUT2D eigenvalue weighted by atomic mass is 10.0. The van der Waals surface area contributed by atoms with E-state index < -0.39 is 0 Å². The SMILES string of the molecule is CCCCNC(C)(C)CCNC(=O)c1noc(CO)c1C. The maximum Gasteiger partial charge on any atom is 0.273 e. The van der Waals surface area contributed by atoms with Gasteiger partial charge in [0.1, 0.15) is 6.61 Å². The average molecular weight is 297 g/mol. The zero-order chi connectivity index (χ0) is 15.9. The zero-order valence-electron chi connectivity index (χ0n) is 13.5. The molecule has 1 rings (SSSR count). The molecule has 0 atom stereocenters. The fourth-order valence-electron chi connectivity index (χ4n) is 1.99. The second-order valence-electron chi connectivity index (χ2n) is 5.91. The van der Waals surface area contributed by atoms with E-state index in [1.54, 1.807) is 6.92 Å². The van der Waals surface area contributed by atoms with Gasteiger partial charge in [-0.3, -0.25) is 4.79 Å². The first-order valence-electron chi connectivity index (χ1n) is 7.50. The van der Waals surface area contributed by atoms with Crippen molar-refractivity contribution in [3.8, 4) is 0 Å². The summed E-state index contributed by atoms with van der Waals surface area (Å²) in [6.45, 7) is 9.43. The first kappa shape index (κ1) is 17.7. The lowest BCUT2D eigenvalue weighted by Gasteiger charge is -2.26. The minimum atomic E-state index is -0.264. The van der Waals surface area contributed by atoms with Crippen LogP contribution in [0.4, 0.5) is 0 Å². The van der Waals surface area contributed by atoms with E-state index in [0.29, 0.717) is 17.9 Å². The highest BCUT2D eigenvalue weighted by Crippen LogP contribution is 2.13. The molecular formula is C15H27N3O3. The van der Waals surface area contributed by atoms with E-state index in [0.717, 1.165) is 19.4 Å². The van der Waals surface area contributed by atoms with Crippen LogP contribution >= 0.6 is 0 Å². The molecule has 1 heterocycles. The Bertz CT molecular complexity index is 455. The van der Waals surface area contributed by atoms with Gasteiger partial charge < -0.3 is 20.3 Å². The Hall–Kier alpha value is -1.40. The summed E-state index contributed by atoms with van der Waals surface area (Å²) in [5, 5.41) is 19.0. The molecule has 3 N–H and O–H groups in total. The molecule has 0 aliphatic carbocycles. The highest BCUT2D eigenvalue weighted by molar-refractivity contribution is 5.93. The molecule has 0 unspecified atom stereocenters. The second-order valence-corrected chi connectivity index (χ2v) is 5.91. The molecule has 0 spiro atoms. The second kappa shape index (κ2) is 8.14. The van der Waals surface area contributed by atoms with E-state index >= 15 is 0 Å². The molecule has 21 heavy (non-hydrogen) atoms. The number of carbonyl (C=O) groups is 1. The van der Waals surface area contributed by atoms with Gasteiger partial charge >= 0.3 is 0 Å². The highest BCUT2D eigenvalue weighted by atomic mass is 16.5. The van der Waals surface area contributed by atoms with Gasteiger partial charge in [-0.1, -0.05) is 18.5 Å². The quantitative estimate of drug-likeness (QED) is 0.605. The van der Waals surface area contributed by atoms with E-state index in [2.05, 4.69) is 36.6 Å². The molecule has 6 nitrogen and oxygen atoms in total. The largest absolute Gasteiger partial charge is 0.388 e. The normalized spacial score (nSPS) is 11.7. The number of carbonyl (C=O) groups excluding carboxylic acids is 1.